The number of anilines is 2. The largest absolute Gasteiger partial charge is 0.398 e. The topological polar surface area (TPSA) is 53.0 Å². The summed E-state index contributed by atoms with van der Waals surface area (Å²) in [5.74, 6) is 0. The van der Waals surface area contributed by atoms with Crippen LogP contribution in [0.5, 0.6) is 0 Å². The summed E-state index contributed by atoms with van der Waals surface area (Å²) >= 11 is 0. The lowest BCUT2D eigenvalue weighted by molar-refractivity contribution is 0.832. The molecule has 0 saturated carbocycles. The van der Waals surface area contributed by atoms with Crippen molar-refractivity contribution in [1.82, 2.24) is 0 Å². The highest BCUT2D eigenvalue weighted by molar-refractivity contribution is 5.63. The van der Waals surface area contributed by atoms with E-state index in [9.17, 15) is 0 Å². The third-order valence-electron chi connectivity index (χ3n) is 3.12. The first kappa shape index (κ1) is 13.0. The zero-order chi connectivity index (χ0) is 13.7. The molecule has 0 amide bonds. The summed E-state index contributed by atoms with van der Waals surface area (Å²) in [5.41, 5.74) is 9.23. The lowest BCUT2D eigenvalue weighted by atomic mass is 10.1. The van der Waals surface area contributed by atoms with E-state index in [0.29, 0.717) is 11.3 Å². The fourth-order valence-electron chi connectivity index (χ4n) is 2.04. The Hall–Kier alpha value is -2.47. The SMILES string of the molecule is CCN(Cc1ccccc1)c1ccc(C#N)c(N)c1. The van der Waals surface area contributed by atoms with E-state index in [1.165, 1.54) is 5.56 Å². The smallest absolute Gasteiger partial charge is 0.101 e. The molecule has 0 unspecified atom stereocenters. The Bertz CT molecular complexity index is 585. The fraction of sp³-hybridized carbons (Fsp3) is 0.188. The van der Waals surface area contributed by atoms with Gasteiger partial charge in [0.1, 0.15) is 6.07 Å². The summed E-state index contributed by atoms with van der Waals surface area (Å²) in [5, 5.41) is 8.90. The molecule has 0 bridgehead atoms. The molecule has 2 N–H and O–H groups in total. The maximum Gasteiger partial charge on any atom is 0.101 e. The quantitative estimate of drug-likeness (QED) is 0.849. The number of hydrogen-bond acceptors (Lipinski definition) is 3. The van der Waals surface area contributed by atoms with Crippen molar-refractivity contribution < 1.29 is 0 Å². The monoisotopic (exact) mass is 251 g/mol. The molecule has 2 rings (SSSR count). The van der Waals surface area contributed by atoms with Crippen LogP contribution >= 0.6 is 0 Å². The second-order valence-corrected chi connectivity index (χ2v) is 4.38. The highest BCUT2D eigenvalue weighted by Gasteiger charge is 2.07. The van der Waals surface area contributed by atoms with Crippen LogP contribution in [-0.2, 0) is 6.54 Å². The first-order valence-electron chi connectivity index (χ1n) is 6.33. The van der Waals surface area contributed by atoms with Crippen molar-refractivity contribution in [3.63, 3.8) is 0 Å². The second-order valence-electron chi connectivity index (χ2n) is 4.38. The predicted octanol–water partition coefficient (Wildman–Crippen LogP) is 3.17. The maximum absolute atomic E-state index is 8.90. The fourth-order valence-corrected chi connectivity index (χ4v) is 2.04. The molecule has 0 aliphatic heterocycles. The molecule has 0 fully saturated rings. The van der Waals surface area contributed by atoms with Gasteiger partial charge in [0.05, 0.1) is 11.3 Å². The van der Waals surface area contributed by atoms with Crippen LogP contribution in [0.2, 0.25) is 0 Å². The van der Waals surface area contributed by atoms with Gasteiger partial charge in [-0.1, -0.05) is 30.3 Å². The van der Waals surface area contributed by atoms with Crippen LogP contribution in [-0.4, -0.2) is 6.54 Å². The van der Waals surface area contributed by atoms with Crippen LogP contribution in [0.3, 0.4) is 0 Å². The van der Waals surface area contributed by atoms with E-state index in [0.717, 1.165) is 18.8 Å². The lowest BCUT2D eigenvalue weighted by Gasteiger charge is -2.23. The van der Waals surface area contributed by atoms with Crippen LogP contribution in [0.1, 0.15) is 18.1 Å². The Balaban J connectivity index is 2.23. The standard InChI is InChI=1S/C16H17N3/c1-2-19(12-13-6-4-3-5-7-13)15-9-8-14(11-17)16(18)10-15/h3-10H,2,12,18H2,1H3. The summed E-state index contributed by atoms with van der Waals surface area (Å²) in [6.07, 6.45) is 0. The molecule has 0 atom stereocenters. The molecule has 3 nitrogen and oxygen atoms in total. The Labute approximate surface area is 113 Å². The predicted molar refractivity (Wildman–Crippen MR) is 78.7 cm³/mol. The number of nitrogens with zero attached hydrogens (tertiary/aromatic N) is 2. The number of rotatable bonds is 4. The van der Waals surface area contributed by atoms with Gasteiger partial charge in [-0.3, -0.25) is 0 Å². The maximum atomic E-state index is 8.90. The van der Waals surface area contributed by atoms with Gasteiger partial charge in [-0.05, 0) is 30.7 Å². The summed E-state index contributed by atoms with van der Waals surface area (Å²) in [6, 6.07) is 18.0. The highest BCUT2D eigenvalue weighted by atomic mass is 15.1. The number of nitrogen functional groups attached to an aromatic ring is 1. The van der Waals surface area contributed by atoms with Crippen LogP contribution in [0, 0.1) is 11.3 Å². The Morgan fingerprint density at radius 2 is 1.89 bits per heavy atom. The molecule has 2 aromatic carbocycles. The first-order valence-corrected chi connectivity index (χ1v) is 6.33. The summed E-state index contributed by atoms with van der Waals surface area (Å²) < 4.78 is 0. The van der Waals surface area contributed by atoms with Gasteiger partial charge in [0.2, 0.25) is 0 Å². The Morgan fingerprint density at radius 1 is 1.16 bits per heavy atom. The molecular weight excluding hydrogens is 234 g/mol. The Kier molecular flexibility index (Phi) is 4.04. The highest BCUT2D eigenvalue weighted by Crippen LogP contribution is 2.22. The zero-order valence-electron chi connectivity index (χ0n) is 11.0. The molecule has 0 aliphatic rings. The molecule has 0 radical (unpaired) electrons. The Morgan fingerprint density at radius 3 is 2.47 bits per heavy atom. The molecule has 96 valence electrons. The van der Waals surface area contributed by atoms with E-state index < -0.39 is 0 Å². The van der Waals surface area contributed by atoms with Crippen molar-refractivity contribution >= 4 is 11.4 Å². The van der Waals surface area contributed by atoms with E-state index in [-0.39, 0.29) is 0 Å². The minimum atomic E-state index is 0.527. The molecule has 19 heavy (non-hydrogen) atoms. The molecule has 0 saturated heterocycles. The normalized spacial score (nSPS) is 9.89. The van der Waals surface area contributed by atoms with E-state index in [2.05, 4.69) is 30.0 Å². The van der Waals surface area contributed by atoms with Gasteiger partial charge >= 0.3 is 0 Å². The van der Waals surface area contributed by atoms with Crippen molar-refractivity contribution in [2.75, 3.05) is 17.2 Å². The molecule has 0 aromatic heterocycles. The molecule has 0 heterocycles. The van der Waals surface area contributed by atoms with Gasteiger partial charge in [0, 0.05) is 18.8 Å². The van der Waals surface area contributed by atoms with Crippen LogP contribution in [0.15, 0.2) is 48.5 Å². The third kappa shape index (κ3) is 3.05. The minimum Gasteiger partial charge on any atom is -0.398 e. The van der Waals surface area contributed by atoms with E-state index >= 15 is 0 Å². The number of nitrogens with two attached hydrogens (primary N) is 1. The van der Waals surface area contributed by atoms with Gasteiger partial charge < -0.3 is 10.6 Å². The van der Waals surface area contributed by atoms with Crippen molar-refractivity contribution in [1.29, 1.82) is 5.26 Å². The van der Waals surface area contributed by atoms with Gasteiger partial charge in [-0.15, -0.1) is 0 Å². The van der Waals surface area contributed by atoms with Gasteiger partial charge in [-0.25, -0.2) is 0 Å². The third-order valence-corrected chi connectivity index (χ3v) is 3.12. The molecule has 0 spiro atoms. The van der Waals surface area contributed by atoms with Crippen molar-refractivity contribution in [2.24, 2.45) is 0 Å². The average Bonchev–Trinajstić information content (AvgIpc) is 2.46. The van der Waals surface area contributed by atoms with Crippen molar-refractivity contribution in [2.45, 2.75) is 13.5 Å². The van der Waals surface area contributed by atoms with E-state index in [4.69, 9.17) is 11.0 Å². The number of hydrogen-bond donors (Lipinski definition) is 1. The first-order chi connectivity index (χ1) is 9.24. The molecule has 2 aromatic rings. The molecular formula is C16H17N3. The van der Waals surface area contributed by atoms with Crippen LogP contribution in [0.4, 0.5) is 11.4 Å². The van der Waals surface area contributed by atoms with Gasteiger partial charge in [0.15, 0.2) is 0 Å². The summed E-state index contributed by atoms with van der Waals surface area (Å²) in [6.45, 7) is 3.83. The van der Waals surface area contributed by atoms with Crippen molar-refractivity contribution in [3.8, 4) is 6.07 Å². The van der Waals surface area contributed by atoms with Gasteiger partial charge in [-0.2, -0.15) is 5.26 Å². The summed E-state index contributed by atoms with van der Waals surface area (Å²) in [4.78, 5) is 2.23. The van der Waals surface area contributed by atoms with Crippen LogP contribution in [0.25, 0.3) is 0 Å². The summed E-state index contributed by atoms with van der Waals surface area (Å²) in [7, 11) is 0. The average molecular weight is 251 g/mol. The van der Waals surface area contributed by atoms with E-state index in [1.54, 1.807) is 6.07 Å². The number of nitriles is 1. The second kappa shape index (κ2) is 5.92. The van der Waals surface area contributed by atoms with Crippen molar-refractivity contribution in [3.05, 3.63) is 59.7 Å². The number of benzene rings is 2. The molecule has 3 heteroatoms. The zero-order valence-corrected chi connectivity index (χ0v) is 11.0. The molecule has 0 aliphatic carbocycles. The lowest BCUT2D eigenvalue weighted by Crippen LogP contribution is -2.22. The van der Waals surface area contributed by atoms with Crippen LogP contribution < -0.4 is 10.6 Å². The minimum absolute atomic E-state index is 0.527. The van der Waals surface area contributed by atoms with Gasteiger partial charge in [0.25, 0.3) is 0 Å². The van der Waals surface area contributed by atoms with E-state index in [1.807, 2.05) is 30.3 Å².